The van der Waals surface area contributed by atoms with Crippen LogP contribution in [0.3, 0.4) is 0 Å². The maximum Gasteiger partial charge on any atom is 0.307 e. The van der Waals surface area contributed by atoms with Crippen LogP contribution in [0.25, 0.3) is 0 Å². The molecule has 1 fully saturated rings. The number of carboxylic acids is 1. The van der Waals surface area contributed by atoms with Crippen LogP contribution in [0.4, 0.5) is 0 Å². The van der Waals surface area contributed by atoms with Crippen LogP contribution in [0.2, 0.25) is 0 Å². The smallest absolute Gasteiger partial charge is 0.307 e. The molecule has 6 heteroatoms. The second-order valence-corrected chi connectivity index (χ2v) is 7.35. The van der Waals surface area contributed by atoms with E-state index in [0.717, 1.165) is 5.56 Å². The van der Waals surface area contributed by atoms with Crippen molar-refractivity contribution < 1.29 is 23.1 Å². The van der Waals surface area contributed by atoms with Crippen molar-refractivity contribution in [1.29, 1.82) is 0 Å². The first kappa shape index (κ1) is 14.8. The molecule has 0 spiro atoms. The summed E-state index contributed by atoms with van der Waals surface area (Å²) in [5.74, 6) is -1.53. The second-order valence-electron chi connectivity index (χ2n) is 5.12. The molecule has 0 radical (unpaired) electrons. The zero-order valence-corrected chi connectivity index (χ0v) is 12.1. The molecule has 0 amide bonds. The highest BCUT2D eigenvalue weighted by atomic mass is 32.2. The quantitative estimate of drug-likeness (QED) is 0.908. The highest BCUT2D eigenvalue weighted by molar-refractivity contribution is 7.91. The molecule has 0 saturated carbocycles. The molecule has 0 aromatic heterocycles. The maximum absolute atomic E-state index is 11.6. The fourth-order valence-electron chi connectivity index (χ4n) is 2.70. The van der Waals surface area contributed by atoms with Crippen LogP contribution in [0.5, 0.6) is 5.75 Å². The number of para-hydroxylation sites is 1. The number of hydrogen-bond acceptors (Lipinski definition) is 4. The minimum absolute atomic E-state index is 0.0661. The van der Waals surface area contributed by atoms with Crippen molar-refractivity contribution in [3.05, 3.63) is 29.8 Å². The summed E-state index contributed by atoms with van der Waals surface area (Å²) in [4.78, 5) is 11.3. The summed E-state index contributed by atoms with van der Waals surface area (Å²) >= 11 is 0. The molecule has 5 nitrogen and oxygen atoms in total. The van der Waals surface area contributed by atoms with E-state index >= 15 is 0 Å². The largest absolute Gasteiger partial charge is 0.496 e. The monoisotopic (exact) mass is 298 g/mol. The van der Waals surface area contributed by atoms with Gasteiger partial charge in [-0.2, -0.15) is 0 Å². The lowest BCUT2D eigenvalue weighted by atomic mass is 9.85. The molecule has 110 valence electrons. The molecular formula is C14H18O5S. The number of carboxylic acid groups (broad SMARTS) is 1. The van der Waals surface area contributed by atoms with E-state index in [1.54, 1.807) is 7.11 Å². The molecule has 1 aliphatic heterocycles. The first-order valence-electron chi connectivity index (χ1n) is 6.48. The fourth-order valence-corrected chi connectivity index (χ4v) is 4.49. The molecule has 1 heterocycles. The molecule has 0 aliphatic carbocycles. The molecule has 2 unspecified atom stereocenters. The van der Waals surface area contributed by atoms with Crippen LogP contribution in [-0.2, 0) is 21.1 Å². The minimum Gasteiger partial charge on any atom is -0.496 e. The van der Waals surface area contributed by atoms with Crippen LogP contribution in [-0.4, -0.2) is 38.1 Å². The van der Waals surface area contributed by atoms with Gasteiger partial charge in [0.1, 0.15) is 5.75 Å². The Morgan fingerprint density at radius 1 is 1.40 bits per heavy atom. The molecule has 1 N–H and O–H groups in total. The van der Waals surface area contributed by atoms with Gasteiger partial charge < -0.3 is 9.84 Å². The lowest BCUT2D eigenvalue weighted by Crippen LogP contribution is -2.38. The highest BCUT2D eigenvalue weighted by Crippen LogP contribution is 2.31. The van der Waals surface area contributed by atoms with Crippen molar-refractivity contribution in [3.8, 4) is 5.75 Å². The van der Waals surface area contributed by atoms with Gasteiger partial charge in [-0.05, 0) is 30.4 Å². The number of aliphatic carboxylic acids is 1. The third-order valence-corrected chi connectivity index (χ3v) is 5.52. The van der Waals surface area contributed by atoms with E-state index < -0.39 is 21.7 Å². The van der Waals surface area contributed by atoms with Crippen LogP contribution in [0, 0.1) is 11.8 Å². The van der Waals surface area contributed by atoms with Crippen LogP contribution in [0.1, 0.15) is 12.0 Å². The number of methoxy groups -OCH3 is 1. The summed E-state index contributed by atoms with van der Waals surface area (Å²) in [5.41, 5.74) is 0.922. The predicted molar refractivity (Wildman–Crippen MR) is 74.6 cm³/mol. The van der Waals surface area contributed by atoms with Gasteiger partial charge in [0.15, 0.2) is 9.84 Å². The van der Waals surface area contributed by atoms with Gasteiger partial charge in [0, 0.05) is 0 Å². The maximum atomic E-state index is 11.6. The molecular weight excluding hydrogens is 280 g/mol. The Bertz CT molecular complexity index is 593. The number of carbonyl (C=O) groups is 1. The van der Waals surface area contributed by atoms with Crippen molar-refractivity contribution >= 4 is 15.8 Å². The summed E-state index contributed by atoms with van der Waals surface area (Å²) < 4.78 is 28.5. The van der Waals surface area contributed by atoms with Crippen molar-refractivity contribution in [2.75, 3.05) is 18.6 Å². The van der Waals surface area contributed by atoms with Gasteiger partial charge in [0.25, 0.3) is 0 Å². The van der Waals surface area contributed by atoms with E-state index in [1.165, 1.54) is 0 Å². The number of sulfone groups is 1. The number of hydrogen-bond donors (Lipinski definition) is 1. The number of rotatable bonds is 4. The molecule has 0 bridgehead atoms. The third-order valence-electron chi connectivity index (χ3n) is 3.79. The molecule has 1 aliphatic rings. The summed E-state index contributed by atoms with van der Waals surface area (Å²) in [7, 11) is -1.66. The Hall–Kier alpha value is -1.56. The van der Waals surface area contributed by atoms with E-state index in [-0.39, 0.29) is 17.4 Å². The average Bonchev–Trinajstić information content (AvgIpc) is 2.41. The number of benzene rings is 1. The van der Waals surface area contributed by atoms with Crippen LogP contribution in [0.15, 0.2) is 24.3 Å². The minimum atomic E-state index is -3.23. The first-order valence-corrected chi connectivity index (χ1v) is 8.30. The van der Waals surface area contributed by atoms with Gasteiger partial charge in [-0.15, -0.1) is 0 Å². The Labute approximate surface area is 118 Å². The Morgan fingerprint density at radius 3 is 2.75 bits per heavy atom. The van der Waals surface area contributed by atoms with Gasteiger partial charge >= 0.3 is 5.97 Å². The van der Waals surface area contributed by atoms with E-state index in [1.807, 2.05) is 24.3 Å². The normalized spacial score (nSPS) is 25.1. The van der Waals surface area contributed by atoms with E-state index in [2.05, 4.69) is 0 Å². The molecule has 2 atom stereocenters. The van der Waals surface area contributed by atoms with Gasteiger partial charge in [-0.3, -0.25) is 4.79 Å². The van der Waals surface area contributed by atoms with Crippen molar-refractivity contribution in [2.45, 2.75) is 12.8 Å². The second kappa shape index (κ2) is 5.83. The Morgan fingerprint density at radius 2 is 2.10 bits per heavy atom. The summed E-state index contributed by atoms with van der Waals surface area (Å²) in [6.07, 6.45) is 0.911. The summed E-state index contributed by atoms with van der Waals surface area (Å²) in [5, 5.41) is 9.25. The topological polar surface area (TPSA) is 80.7 Å². The van der Waals surface area contributed by atoms with Crippen molar-refractivity contribution in [3.63, 3.8) is 0 Å². The van der Waals surface area contributed by atoms with Gasteiger partial charge in [0.2, 0.25) is 0 Å². The zero-order chi connectivity index (χ0) is 14.8. The summed E-state index contributed by atoms with van der Waals surface area (Å²) in [6, 6.07) is 7.43. The standard InChI is InChI=1S/C14H18O5S/c1-19-13-5-3-2-4-11(13)8-10-6-7-20(17,18)9-12(10)14(15)16/h2-5,10,12H,6-9H2,1H3,(H,15,16). The summed E-state index contributed by atoms with van der Waals surface area (Å²) in [6.45, 7) is 0. The zero-order valence-electron chi connectivity index (χ0n) is 11.3. The fraction of sp³-hybridized carbons (Fsp3) is 0.500. The average molecular weight is 298 g/mol. The van der Waals surface area contributed by atoms with E-state index in [0.29, 0.717) is 18.6 Å². The Kier molecular flexibility index (Phi) is 4.32. The molecule has 1 aromatic rings. The molecule has 1 saturated heterocycles. The first-order chi connectivity index (χ1) is 9.43. The molecule has 1 aromatic carbocycles. The lowest BCUT2D eigenvalue weighted by molar-refractivity contribution is -0.143. The van der Waals surface area contributed by atoms with Gasteiger partial charge in [-0.1, -0.05) is 18.2 Å². The van der Waals surface area contributed by atoms with E-state index in [4.69, 9.17) is 4.74 Å². The highest BCUT2D eigenvalue weighted by Gasteiger charge is 2.37. The van der Waals surface area contributed by atoms with E-state index in [9.17, 15) is 18.3 Å². The molecule has 20 heavy (non-hydrogen) atoms. The van der Waals surface area contributed by atoms with Gasteiger partial charge in [0.05, 0.1) is 24.5 Å². The SMILES string of the molecule is COc1ccccc1CC1CCS(=O)(=O)CC1C(=O)O. The Balaban J connectivity index is 2.21. The van der Waals surface area contributed by atoms with Crippen molar-refractivity contribution in [1.82, 2.24) is 0 Å². The third kappa shape index (κ3) is 3.30. The van der Waals surface area contributed by atoms with Crippen LogP contribution >= 0.6 is 0 Å². The lowest BCUT2D eigenvalue weighted by Gasteiger charge is -2.28. The van der Waals surface area contributed by atoms with Crippen molar-refractivity contribution in [2.24, 2.45) is 11.8 Å². The molecule has 2 rings (SSSR count). The number of ether oxygens (including phenoxy) is 1. The predicted octanol–water partition coefficient (Wildman–Crippen LogP) is 1.37. The van der Waals surface area contributed by atoms with Gasteiger partial charge in [-0.25, -0.2) is 8.42 Å². The van der Waals surface area contributed by atoms with Crippen LogP contribution < -0.4 is 4.74 Å².